The third-order valence-corrected chi connectivity index (χ3v) is 6.40. The first kappa shape index (κ1) is 14.7. The lowest BCUT2D eigenvalue weighted by Crippen LogP contribution is -2.40. The molecule has 2 aliphatic carbocycles. The van der Waals surface area contributed by atoms with Gasteiger partial charge in [-0.2, -0.15) is 0 Å². The molecule has 2 bridgehead atoms. The summed E-state index contributed by atoms with van der Waals surface area (Å²) in [5.41, 5.74) is 0.529. The van der Waals surface area contributed by atoms with Gasteiger partial charge in [0.05, 0.1) is 22.2 Å². The van der Waals surface area contributed by atoms with Crippen LogP contribution in [0.25, 0.3) is 0 Å². The number of rotatable bonds is 3. The number of carbonyl (C=O) groups is 3. The van der Waals surface area contributed by atoms with Gasteiger partial charge in [-0.1, -0.05) is 22.0 Å². The van der Waals surface area contributed by atoms with Gasteiger partial charge in [0.1, 0.15) is 6.10 Å². The minimum atomic E-state index is -1.05. The van der Waals surface area contributed by atoms with Gasteiger partial charge in [0.25, 0.3) is 0 Å². The highest BCUT2D eigenvalue weighted by Crippen LogP contribution is 2.60. The molecule has 2 N–H and O–H groups in total. The molecule has 3 aliphatic rings. The van der Waals surface area contributed by atoms with Crippen molar-refractivity contribution in [1.29, 1.82) is 0 Å². The average molecular weight is 380 g/mol. The minimum Gasteiger partial charge on any atom is -0.478 e. The molecule has 1 heterocycles. The van der Waals surface area contributed by atoms with Gasteiger partial charge in [0.2, 0.25) is 5.91 Å². The number of nitrogens with one attached hydrogen (secondary N) is 1. The Balaban J connectivity index is 1.57. The number of amides is 1. The maximum Gasteiger partial charge on any atom is 0.335 e. The predicted molar refractivity (Wildman–Crippen MR) is 83.2 cm³/mol. The van der Waals surface area contributed by atoms with E-state index in [-0.39, 0.29) is 46.1 Å². The first-order chi connectivity index (χ1) is 11.0. The molecule has 4 rings (SSSR count). The number of hydrogen-bond donors (Lipinski definition) is 2. The van der Waals surface area contributed by atoms with E-state index in [4.69, 9.17) is 9.84 Å². The molecule has 0 aromatic heterocycles. The largest absolute Gasteiger partial charge is 0.478 e. The second-order valence-electron chi connectivity index (χ2n) is 6.34. The van der Waals surface area contributed by atoms with E-state index >= 15 is 0 Å². The molecule has 1 saturated heterocycles. The van der Waals surface area contributed by atoms with Crippen molar-refractivity contribution in [3.63, 3.8) is 0 Å². The first-order valence-electron chi connectivity index (χ1n) is 7.46. The van der Waals surface area contributed by atoms with Gasteiger partial charge in [0.15, 0.2) is 0 Å². The first-order valence-corrected chi connectivity index (χ1v) is 8.37. The van der Waals surface area contributed by atoms with Crippen molar-refractivity contribution >= 4 is 39.5 Å². The van der Waals surface area contributed by atoms with Crippen LogP contribution in [-0.4, -0.2) is 33.9 Å². The highest BCUT2D eigenvalue weighted by Gasteiger charge is 2.67. The Bertz CT molecular complexity index is 720. The third kappa shape index (κ3) is 2.09. The second kappa shape index (κ2) is 5.06. The Hall–Kier alpha value is -1.89. The summed E-state index contributed by atoms with van der Waals surface area (Å²) < 4.78 is 5.39. The van der Waals surface area contributed by atoms with Crippen molar-refractivity contribution in [2.75, 3.05) is 5.32 Å². The van der Waals surface area contributed by atoms with Gasteiger partial charge in [-0.05, 0) is 30.5 Å². The van der Waals surface area contributed by atoms with Crippen LogP contribution in [0.1, 0.15) is 16.8 Å². The lowest BCUT2D eigenvalue weighted by molar-refractivity contribution is -0.145. The molecular weight excluding hydrogens is 366 g/mol. The van der Waals surface area contributed by atoms with Crippen molar-refractivity contribution in [2.24, 2.45) is 23.7 Å². The number of carbonyl (C=O) groups excluding carboxylic acids is 2. The molecule has 23 heavy (non-hydrogen) atoms. The Morgan fingerprint density at radius 1 is 1.30 bits per heavy atom. The van der Waals surface area contributed by atoms with Gasteiger partial charge >= 0.3 is 11.9 Å². The van der Waals surface area contributed by atoms with E-state index in [0.29, 0.717) is 5.69 Å². The van der Waals surface area contributed by atoms with E-state index in [2.05, 4.69) is 21.2 Å². The van der Waals surface area contributed by atoms with Crippen LogP contribution in [0.5, 0.6) is 0 Å². The molecule has 1 aliphatic heterocycles. The minimum absolute atomic E-state index is 0.0105. The summed E-state index contributed by atoms with van der Waals surface area (Å²) in [5.74, 6) is -2.20. The maximum atomic E-state index is 12.7. The van der Waals surface area contributed by atoms with Gasteiger partial charge < -0.3 is 15.2 Å². The van der Waals surface area contributed by atoms with Crippen LogP contribution >= 0.6 is 15.9 Å². The number of esters is 1. The summed E-state index contributed by atoms with van der Waals surface area (Å²) in [4.78, 5) is 35.7. The standard InChI is InChI=1S/C16H14BrNO5/c17-12-8-5-9-11(16(22)23-13(9)12)10(8)14(19)18-7-3-1-2-6(4-7)15(20)21/h1-4,8-13H,5H2,(H,18,19)(H,20,21)/t8-,9-,10-,11-,12+,13+/m1/s1. The van der Waals surface area contributed by atoms with Crippen molar-refractivity contribution in [2.45, 2.75) is 17.4 Å². The van der Waals surface area contributed by atoms with Crippen LogP contribution in [0.3, 0.4) is 0 Å². The van der Waals surface area contributed by atoms with Gasteiger partial charge in [-0.25, -0.2) is 4.79 Å². The number of hydrogen-bond acceptors (Lipinski definition) is 4. The number of benzene rings is 1. The van der Waals surface area contributed by atoms with Gasteiger partial charge in [-0.15, -0.1) is 0 Å². The molecule has 2 saturated carbocycles. The summed E-state index contributed by atoms with van der Waals surface area (Å²) in [6.07, 6.45) is 0.696. The Kier molecular flexibility index (Phi) is 3.23. The zero-order valence-electron chi connectivity index (χ0n) is 11.9. The maximum absolute atomic E-state index is 12.7. The molecular formula is C16H14BrNO5. The van der Waals surface area contributed by atoms with Crippen LogP contribution in [0.4, 0.5) is 5.69 Å². The van der Waals surface area contributed by atoms with E-state index in [1.807, 2.05) is 0 Å². The molecule has 1 aromatic carbocycles. The van der Waals surface area contributed by atoms with Crippen LogP contribution in [0.2, 0.25) is 0 Å². The van der Waals surface area contributed by atoms with Crippen molar-refractivity contribution in [3.05, 3.63) is 29.8 Å². The second-order valence-corrected chi connectivity index (χ2v) is 7.39. The van der Waals surface area contributed by atoms with Crippen LogP contribution in [-0.2, 0) is 14.3 Å². The molecule has 1 aromatic rings. The normalized spacial score (nSPS) is 36.8. The zero-order chi connectivity index (χ0) is 16.3. The van der Waals surface area contributed by atoms with Crippen LogP contribution in [0.15, 0.2) is 24.3 Å². The molecule has 6 atom stereocenters. The number of fused-ring (bicyclic) bond motifs is 1. The number of aromatic carboxylic acids is 1. The topological polar surface area (TPSA) is 92.7 Å². The van der Waals surface area contributed by atoms with Crippen LogP contribution in [0, 0.1) is 23.7 Å². The fraction of sp³-hybridized carbons (Fsp3) is 0.438. The predicted octanol–water partition coefficient (Wildman–Crippen LogP) is 1.89. The average Bonchev–Trinajstić information content (AvgIpc) is 3.11. The monoisotopic (exact) mass is 379 g/mol. The van der Waals surface area contributed by atoms with Gasteiger partial charge in [0, 0.05) is 11.6 Å². The summed E-state index contributed by atoms with van der Waals surface area (Å²) in [6, 6.07) is 6.09. The van der Waals surface area contributed by atoms with E-state index in [1.165, 1.54) is 12.1 Å². The number of carboxylic acids is 1. The number of carboxylic acid groups (broad SMARTS) is 1. The molecule has 0 unspecified atom stereocenters. The Morgan fingerprint density at radius 3 is 2.83 bits per heavy atom. The van der Waals surface area contributed by atoms with Crippen molar-refractivity contribution in [3.8, 4) is 0 Å². The highest BCUT2D eigenvalue weighted by molar-refractivity contribution is 9.09. The number of alkyl halides is 1. The van der Waals surface area contributed by atoms with Crippen molar-refractivity contribution < 1.29 is 24.2 Å². The number of halogens is 1. The quantitative estimate of drug-likeness (QED) is 0.617. The number of anilines is 1. The molecule has 120 valence electrons. The SMILES string of the molecule is O=C(O)c1cccc(NC(=O)[C@@H]2[C@H]3C[C@H]4[C@H](OC(=O)[C@H]42)[C@H]3Br)c1. The van der Waals surface area contributed by atoms with Gasteiger partial charge in [-0.3, -0.25) is 9.59 Å². The molecule has 0 radical (unpaired) electrons. The Morgan fingerprint density at radius 2 is 2.09 bits per heavy atom. The summed E-state index contributed by atoms with van der Waals surface area (Å²) in [7, 11) is 0. The highest BCUT2D eigenvalue weighted by atomic mass is 79.9. The van der Waals surface area contributed by atoms with E-state index < -0.39 is 11.9 Å². The van der Waals surface area contributed by atoms with E-state index in [1.54, 1.807) is 12.1 Å². The summed E-state index contributed by atoms with van der Waals surface area (Å²) in [5, 5.41) is 11.8. The molecule has 1 amide bonds. The number of ether oxygens (including phenoxy) is 1. The molecule has 0 spiro atoms. The van der Waals surface area contributed by atoms with E-state index in [9.17, 15) is 14.4 Å². The fourth-order valence-corrected chi connectivity index (χ4v) is 5.33. The molecule has 3 fully saturated rings. The molecule has 6 nitrogen and oxygen atoms in total. The lowest BCUT2D eigenvalue weighted by Gasteiger charge is -2.27. The third-order valence-electron chi connectivity index (χ3n) is 5.20. The van der Waals surface area contributed by atoms with E-state index in [0.717, 1.165) is 6.42 Å². The Labute approximate surface area is 140 Å². The fourth-order valence-electron chi connectivity index (χ4n) is 4.29. The summed E-state index contributed by atoms with van der Waals surface area (Å²) >= 11 is 3.57. The van der Waals surface area contributed by atoms with Crippen LogP contribution < -0.4 is 5.32 Å². The molecule has 7 heteroatoms. The lowest BCUT2D eigenvalue weighted by atomic mass is 9.79. The smallest absolute Gasteiger partial charge is 0.335 e. The van der Waals surface area contributed by atoms with Crippen molar-refractivity contribution in [1.82, 2.24) is 0 Å². The zero-order valence-corrected chi connectivity index (χ0v) is 13.5. The summed E-state index contributed by atoms with van der Waals surface area (Å²) in [6.45, 7) is 0.